The SMILES string of the molecule is C[C@]12C=CC(=O)C=C1[C@@H](F)C[C@H]1[C@@H]3C[C@@H](O)[C@](O)(C(=O)CO)[C@@]3(C)C[C@H](O)[C@@]12F.C[C@]12C=CC(=O)C=C1[C@@H](F)C[C@H]1[C@@H]3C[C@H]4C[C@@H](c5ccc(Oc6ccc(N)cc6)c(O)c5)O[C@@]4(C(=O)CO)[C@@]3(C)C[C@H](O)[C@@]12F.Nc1ccc(Oc2ccc(C=O)cc2O)cc1. The maximum atomic E-state index is 17.6. The van der Waals surface area contributed by atoms with Gasteiger partial charge in [0, 0.05) is 50.4 Å². The minimum atomic E-state index is -2.37. The van der Waals surface area contributed by atoms with E-state index < -0.39 is 147 Å². The van der Waals surface area contributed by atoms with Gasteiger partial charge >= 0.3 is 0 Å². The van der Waals surface area contributed by atoms with Crippen LogP contribution in [0, 0.1) is 51.2 Å². The number of rotatable bonds is 10. The molecule has 6 saturated carbocycles. The van der Waals surface area contributed by atoms with Crippen molar-refractivity contribution in [1.29, 1.82) is 0 Å². The topological polar surface area (TPSA) is 327 Å². The number of allylic oxidation sites excluding steroid dienone is 8. The number of nitrogens with two attached hydrogens (primary N) is 2. The Kier molecular flexibility index (Phi) is 16.4. The molecule has 22 heteroatoms. The molecule has 8 aliphatic carbocycles. The number of aliphatic hydroxyl groups is 6. The molecule has 12 N–H and O–H groups in total. The van der Waals surface area contributed by atoms with E-state index in [0.29, 0.717) is 58.9 Å². The predicted octanol–water partition coefficient (Wildman–Crippen LogP) is 8.22. The number of fused-ring (bicyclic) bond motifs is 12. The summed E-state index contributed by atoms with van der Waals surface area (Å²) in [5.74, 6) is -4.98. The van der Waals surface area contributed by atoms with E-state index >= 15 is 17.6 Å². The fraction of sp³-hybridized carbons (Fsp3) is 0.464. The van der Waals surface area contributed by atoms with Crippen molar-refractivity contribution in [2.75, 3.05) is 24.7 Å². The monoisotopic (exact) mass is 1260 g/mol. The van der Waals surface area contributed by atoms with Crippen molar-refractivity contribution in [3.8, 4) is 34.5 Å². The Morgan fingerprint density at radius 1 is 0.615 bits per heavy atom. The van der Waals surface area contributed by atoms with Crippen LogP contribution in [0.5, 0.6) is 34.5 Å². The molecule has 0 aromatic heterocycles. The third-order valence-corrected chi connectivity index (χ3v) is 22.5. The molecule has 1 heterocycles. The normalized spacial score (nSPS) is 39.5. The number of aldehydes is 1. The van der Waals surface area contributed by atoms with Gasteiger partial charge in [0.2, 0.25) is 0 Å². The molecule has 18 nitrogen and oxygen atoms in total. The summed E-state index contributed by atoms with van der Waals surface area (Å²) in [6.45, 7) is 4.43. The molecule has 0 unspecified atom stereocenters. The van der Waals surface area contributed by atoms with E-state index in [2.05, 4.69) is 0 Å². The second-order valence-corrected chi connectivity index (χ2v) is 26.8. The molecule has 0 amide bonds. The molecule has 7 fully saturated rings. The van der Waals surface area contributed by atoms with Crippen LogP contribution in [-0.4, -0.2) is 137 Å². The average molecular weight is 1260 g/mol. The Hall–Kier alpha value is -7.57. The van der Waals surface area contributed by atoms with Crippen molar-refractivity contribution in [2.24, 2.45) is 51.2 Å². The van der Waals surface area contributed by atoms with Gasteiger partial charge in [0.1, 0.15) is 48.9 Å². The second kappa shape index (κ2) is 22.9. The van der Waals surface area contributed by atoms with Gasteiger partial charge < -0.3 is 66.5 Å². The van der Waals surface area contributed by atoms with E-state index in [1.165, 1.54) is 57.2 Å². The molecule has 4 aromatic carbocycles. The standard InChI is InChI=1S/C35H37F2NO7.C21H26F2O6.C13H11NO3/c1-32-10-9-21(40)14-25(32)26(36)15-24-23-12-19-13-29(18-3-8-28(27(41)11-18)44-22-6-4-20(38)5-7-22)45-35(19,31(43)17-39)33(23,2)16-30(42)34(24,32)37;1-18-4-3-10(25)5-13(18)14(22)6-12-11-7-15(26)21(29,17(28)9-24)19(11,2)8-16(27)20(12,18)23;14-10-2-4-11(5-3-10)17-13-6-1-9(8-15)7-12(13)16/h3-11,14,19,23-24,26,29-30,39,41-42H,12-13,15-17,38H2,1-2H3;3-5,11-12,14-16,24,26-27,29H,6-9H2,1-2H3;1-8,16H,14H2/t19-,23-,24-,26-,29-,30-,32-,33-,34-,35-;11-,12-,14-,15+,16-,18-,19-,20-,21-;/m00./s1. The van der Waals surface area contributed by atoms with E-state index in [1.807, 2.05) is 0 Å². The first kappa shape index (κ1) is 64.9. The Morgan fingerprint density at radius 3 is 1.54 bits per heavy atom. The number of alkyl halides is 4. The number of aromatic hydroxyl groups is 2. The number of aliphatic hydroxyl groups excluding tert-OH is 5. The molecular formula is C69H74F4N2O16. The number of ether oxygens (including phenoxy) is 3. The van der Waals surface area contributed by atoms with Crippen molar-refractivity contribution in [1.82, 2.24) is 0 Å². The van der Waals surface area contributed by atoms with Crippen molar-refractivity contribution in [3.05, 3.63) is 144 Å². The van der Waals surface area contributed by atoms with Gasteiger partial charge in [0.25, 0.3) is 0 Å². The predicted molar refractivity (Wildman–Crippen MR) is 321 cm³/mol. The zero-order chi connectivity index (χ0) is 65.9. The van der Waals surface area contributed by atoms with Crippen LogP contribution in [0.25, 0.3) is 0 Å². The minimum absolute atomic E-state index is 0.0216. The first-order chi connectivity index (χ1) is 42.8. The summed E-state index contributed by atoms with van der Waals surface area (Å²) >= 11 is 0. The molecule has 0 spiro atoms. The quantitative estimate of drug-likeness (QED) is 0.0406. The fourth-order valence-electron chi connectivity index (χ4n) is 18.0. The van der Waals surface area contributed by atoms with Gasteiger partial charge in [-0.1, -0.05) is 32.1 Å². The first-order valence-corrected chi connectivity index (χ1v) is 30.3. The summed E-state index contributed by atoms with van der Waals surface area (Å²) in [6, 6.07) is 22.8. The molecular weight excluding hydrogens is 1190 g/mol. The number of carbonyl (C=O) groups excluding carboxylic acids is 5. The first-order valence-electron chi connectivity index (χ1n) is 30.3. The molecule has 4 aromatic rings. The summed E-state index contributed by atoms with van der Waals surface area (Å²) in [4.78, 5) is 60.6. The summed E-state index contributed by atoms with van der Waals surface area (Å²) in [5, 5.41) is 84.3. The Morgan fingerprint density at radius 2 is 1.08 bits per heavy atom. The fourth-order valence-corrected chi connectivity index (χ4v) is 18.0. The highest BCUT2D eigenvalue weighted by molar-refractivity contribution is 6.02. The molecule has 1 saturated heterocycles. The van der Waals surface area contributed by atoms with Gasteiger partial charge in [0.15, 0.2) is 63.1 Å². The zero-order valence-electron chi connectivity index (χ0n) is 50.3. The van der Waals surface area contributed by atoms with Crippen LogP contribution in [-0.2, 0) is 23.9 Å². The van der Waals surface area contributed by atoms with E-state index in [4.69, 9.17) is 25.7 Å². The Balaban J connectivity index is 0.000000157. The lowest BCUT2D eigenvalue weighted by atomic mass is 9.44. The maximum Gasteiger partial charge on any atom is 0.192 e. The van der Waals surface area contributed by atoms with E-state index in [0.717, 1.165) is 18.2 Å². The molecule has 9 aliphatic rings. The molecule has 19 atom stereocenters. The lowest BCUT2D eigenvalue weighted by molar-refractivity contribution is -0.231. The van der Waals surface area contributed by atoms with E-state index in [1.54, 1.807) is 73.7 Å². The lowest BCUT2D eigenvalue weighted by Crippen LogP contribution is -2.70. The summed E-state index contributed by atoms with van der Waals surface area (Å²) in [5.41, 5.74) is -0.749. The van der Waals surface area contributed by atoms with Crippen molar-refractivity contribution in [3.63, 3.8) is 0 Å². The van der Waals surface area contributed by atoms with Crippen LogP contribution in [0.1, 0.15) is 94.7 Å². The lowest BCUT2D eigenvalue weighted by Gasteiger charge is -2.63. The maximum absolute atomic E-state index is 17.6. The van der Waals surface area contributed by atoms with Crippen LogP contribution < -0.4 is 20.9 Å². The van der Waals surface area contributed by atoms with Gasteiger partial charge in [-0.05, 0) is 196 Å². The van der Waals surface area contributed by atoms with E-state index in [-0.39, 0.29) is 60.5 Å². The highest BCUT2D eigenvalue weighted by Crippen LogP contribution is 2.75. The molecule has 1 aliphatic heterocycles. The smallest absolute Gasteiger partial charge is 0.192 e. The zero-order valence-corrected chi connectivity index (χ0v) is 50.3. The Labute approximate surface area is 521 Å². The molecule has 0 radical (unpaired) electrons. The number of ketones is 4. The van der Waals surface area contributed by atoms with Crippen LogP contribution in [0.15, 0.2) is 133 Å². The number of Topliss-reactive ketones (excluding diaryl/α,β-unsaturated/α-hetero) is 2. The number of carbonyl (C=O) groups is 5. The number of phenolic OH excluding ortho intramolecular Hbond substituents is 2. The van der Waals surface area contributed by atoms with Crippen molar-refractivity contribution in [2.45, 2.75) is 132 Å². The van der Waals surface area contributed by atoms with Crippen molar-refractivity contribution < 1.29 is 96.6 Å². The largest absolute Gasteiger partial charge is 0.504 e. The minimum Gasteiger partial charge on any atom is -0.504 e. The third-order valence-electron chi connectivity index (χ3n) is 22.5. The van der Waals surface area contributed by atoms with Crippen LogP contribution in [0.2, 0.25) is 0 Å². The number of phenols is 2. The third kappa shape index (κ3) is 9.62. The van der Waals surface area contributed by atoms with Gasteiger partial charge in [-0.25, -0.2) is 17.6 Å². The van der Waals surface area contributed by atoms with Gasteiger partial charge in [-0.3, -0.25) is 24.0 Å². The van der Waals surface area contributed by atoms with Crippen LogP contribution in [0.4, 0.5) is 28.9 Å². The summed E-state index contributed by atoms with van der Waals surface area (Å²) in [7, 11) is 0. The number of benzene rings is 4. The van der Waals surface area contributed by atoms with Crippen molar-refractivity contribution >= 4 is 40.8 Å². The number of anilines is 2. The van der Waals surface area contributed by atoms with Gasteiger partial charge in [-0.2, -0.15) is 0 Å². The summed E-state index contributed by atoms with van der Waals surface area (Å²) in [6.07, 6.45) is -1.34. The molecule has 91 heavy (non-hydrogen) atoms. The number of hydrogen-bond acceptors (Lipinski definition) is 18. The van der Waals surface area contributed by atoms with Crippen LogP contribution in [0.3, 0.4) is 0 Å². The Bertz CT molecular complexity index is 3730. The highest BCUT2D eigenvalue weighted by Gasteiger charge is 2.80. The van der Waals surface area contributed by atoms with E-state index in [9.17, 15) is 64.8 Å². The second-order valence-electron chi connectivity index (χ2n) is 26.8. The molecule has 13 rings (SSSR count). The van der Waals surface area contributed by atoms with Crippen LogP contribution >= 0.6 is 0 Å². The molecule has 0 bridgehead atoms. The van der Waals surface area contributed by atoms with Gasteiger partial charge in [0.05, 0.1) is 24.4 Å². The number of nitrogen functional groups attached to an aromatic ring is 2. The average Bonchev–Trinajstić information content (AvgIpc) is 1.63. The summed E-state index contributed by atoms with van der Waals surface area (Å²) < 4.78 is 83.3. The highest BCUT2D eigenvalue weighted by atomic mass is 19.2. The number of halogens is 4. The van der Waals surface area contributed by atoms with Gasteiger partial charge in [-0.15, -0.1) is 0 Å². The molecule has 484 valence electrons. The number of hydrogen-bond donors (Lipinski definition) is 10.